The van der Waals surface area contributed by atoms with Crippen molar-refractivity contribution in [3.63, 3.8) is 0 Å². The van der Waals surface area contributed by atoms with Gasteiger partial charge >= 0.3 is 0 Å². The molecule has 0 aliphatic rings. The summed E-state index contributed by atoms with van der Waals surface area (Å²) >= 11 is 0. The quantitative estimate of drug-likeness (QED) is 0.499. The maximum Gasteiger partial charge on any atom is 0.191 e. The molecule has 0 spiro atoms. The normalized spacial score (nSPS) is 12.6. The van der Waals surface area contributed by atoms with Gasteiger partial charge in [0, 0.05) is 32.2 Å². The summed E-state index contributed by atoms with van der Waals surface area (Å²) in [4.78, 5) is 7.00. The lowest BCUT2D eigenvalue weighted by Crippen LogP contribution is -2.42. The van der Waals surface area contributed by atoms with Crippen LogP contribution in [0, 0.1) is 5.92 Å². The molecule has 0 fully saturated rings. The van der Waals surface area contributed by atoms with E-state index in [4.69, 9.17) is 0 Å². The molecule has 0 saturated heterocycles. The number of nitrogens with one attached hydrogen (secondary N) is 2. The van der Waals surface area contributed by atoms with Gasteiger partial charge < -0.3 is 15.5 Å². The van der Waals surface area contributed by atoms with Crippen molar-refractivity contribution >= 4 is 5.96 Å². The third kappa shape index (κ3) is 8.87. The highest BCUT2D eigenvalue weighted by atomic mass is 15.2. The number of guanidine groups is 1. The molecule has 0 atom stereocenters. The van der Waals surface area contributed by atoms with Crippen LogP contribution in [0.4, 0.5) is 0 Å². The van der Waals surface area contributed by atoms with Gasteiger partial charge in [0.05, 0.1) is 0 Å². The van der Waals surface area contributed by atoms with Gasteiger partial charge in [-0.1, -0.05) is 26.7 Å². The second-order valence-corrected chi connectivity index (χ2v) is 5.40. The van der Waals surface area contributed by atoms with E-state index in [0.717, 1.165) is 32.1 Å². The Morgan fingerprint density at radius 2 is 1.74 bits per heavy atom. The molecule has 114 valence electrons. The summed E-state index contributed by atoms with van der Waals surface area (Å²) in [7, 11) is 2.15. The molecule has 4 nitrogen and oxygen atoms in total. The van der Waals surface area contributed by atoms with Crippen LogP contribution in [0.15, 0.2) is 4.99 Å². The Balaban J connectivity index is 4.13. The van der Waals surface area contributed by atoms with E-state index in [1.165, 1.54) is 12.8 Å². The Morgan fingerprint density at radius 1 is 1.11 bits per heavy atom. The van der Waals surface area contributed by atoms with Crippen LogP contribution in [0.2, 0.25) is 0 Å². The summed E-state index contributed by atoms with van der Waals surface area (Å²) < 4.78 is 0. The van der Waals surface area contributed by atoms with Crippen LogP contribution in [0.5, 0.6) is 0 Å². The number of likely N-dealkylation sites (N-methyl/N-ethyl adjacent to an activating group) is 1. The fourth-order valence-electron chi connectivity index (χ4n) is 1.72. The summed E-state index contributed by atoms with van der Waals surface area (Å²) in [5.41, 5.74) is 0. The predicted octanol–water partition coefficient (Wildman–Crippen LogP) is 2.32. The Morgan fingerprint density at radius 3 is 2.21 bits per heavy atom. The molecule has 0 rings (SSSR count). The zero-order chi connectivity index (χ0) is 14.7. The molecule has 0 amide bonds. The van der Waals surface area contributed by atoms with Crippen LogP contribution < -0.4 is 10.6 Å². The molecule has 4 heteroatoms. The minimum absolute atomic E-state index is 0.589. The van der Waals surface area contributed by atoms with Crippen LogP contribution in [0.1, 0.15) is 47.5 Å². The molecule has 2 N–H and O–H groups in total. The van der Waals surface area contributed by atoms with Gasteiger partial charge in [-0.2, -0.15) is 0 Å². The molecular formula is C15H34N4. The largest absolute Gasteiger partial charge is 0.357 e. The molecule has 0 heterocycles. The lowest BCUT2D eigenvalue weighted by molar-refractivity contribution is 0.278. The summed E-state index contributed by atoms with van der Waals surface area (Å²) in [6, 6.07) is 0.589. The third-order valence-corrected chi connectivity index (χ3v) is 3.65. The second kappa shape index (κ2) is 11.1. The standard InChI is InChI=1S/C15H34N4/c1-7-14(8-2)12-18-15(16-9-3)17-10-11-19(6)13(4)5/h13-14H,7-12H2,1-6H3,(H2,16,17,18). The molecule has 0 bridgehead atoms. The van der Waals surface area contributed by atoms with Crippen molar-refractivity contribution in [3.05, 3.63) is 0 Å². The highest BCUT2D eigenvalue weighted by molar-refractivity contribution is 5.79. The Labute approximate surface area is 120 Å². The summed E-state index contributed by atoms with van der Waals surface area (Å²) in [6.07, 6.45) is 2.41. The molecule has 0 aromatic heterocycles. The molecule has 0 radical (unpaired) electrons. The van der Waals surface area contributed by atoms with Crippen molar-refractivity contribution < 1.29 is 0 Å². The van der Waals surface area contributed by atoms with E-state index in [2.05, 4.69) is 62.2 Å². The van der Waals surface area contributed by atoms with Gasteiger partial charge in [0.2, 0.25) is 0 Å². The fourth-order valence-corrected chi connectivity index (χ4v) is 1.72. The Hall–Kier alpha value is -0.770. The molecule has 0 saturated carbocycles. The lowest BCUT2D eigenvalue weighted by atomic mass is 10.0. The number of rotatable bonds is 9. The van der Waals surface area contributed by atoms with Crippen molar-refractivity contribution in [2.24, 2.45) is 10.9 Å². The van der Waals surface area contributed by atoms with Crippen LogP contribution in [0.25, 0.3) is 0 Å². The number of aliphatic imine (C=N–C) groups is 1. The first-order valence-corrected chi connectivity index (χ1v) is 7.77. The van der Waals surface area contributed by atoms with Gasteiger partial charge in [0.15, 0.2) is 5.96 Å². The average molecular weight is 270 g/mol. The smallest absolute Gasteiger partial charge is 0.191 e. The first-order valence-electron chi connectivity index (χ1n) is 7.77. The van der Waals surface area contributed by atoms with Crippen LogP contribution in [-0.4, -0.2) is 50.1 Å². The number of hydrogen-bond acceptors (Lipinski definition) is 2. The topological polar surface area (TPSA) is 39.7 Å². The zero-order valence-corrected chi connectivity index (χ0v) is 13.8. The zero-order valence-electron chi connectivity index (χ0n) is 13.8. The highest BCUT2D eigenvalue weighted by Crippen LogP contribution is 2.06. The van der Waals surface area contributed by atoms with Crippen LogP contribution >= 0.6 is 0 Å². The average Bonchev–Trinajstić information content (AvgIpc) is 2.39. The molecule has 0 unspecified atom stereocenters. The van der Waals surface area contributed by atoms with Gasteiger partial charge in [-0.25, -0.2) is 0 Å². The van der Waals surface area contributed by atoms with Gasteiger partial charge in [0.25, 0.3) is 0 Å². The second-order valence-electron chi connectivity index (χ2n) is 5.40. The van der Waals surface area contributed by atoms with Crippen molar-refractivity contribution in [3.8, 4) is 0 Å². The summed E-state index contributed by atoms with van der Waals surface area (Å²) in [6.45, 7) is 14.8. The highest BCUT2D eigenvalue weighted by Gasteiger charge is 2.05. The van der Waals surface area contributed by atoms with Gasteiger partial charge in [-0.3, -0.25) is 4.99 Å². The van der Waals surface area contributed by atoms with Crippen molar-refractivity contribution in [2.45, 2.75) is 53.5 Å². The molecule has 19 heavy (non-hydrogen) atoms. The molecular weight excluding hydrogens is 236 g/mol. The van der Waals surface area contributed by atoms with E-state index >= 15 is 0 Å². The van der Waals surface area contributed by atoms with E-state index in [9.17, 15) is 0 Å². The predicted molar refractivity (Wildman–Crippen MR) is 85.8 cm³/mol. The van der Waals surface area contributed by atoms with Crippen molar-refractivity contribution in [1.82, 2.24) is 15.5 Å². The number of nitrogens with zero attached hydrogens (tertiary/aromatic N) is 2. The van der Waals surface area contributed by atoms with Gasteiger partial charge in [-0.15, -0.1) is 0 Å². The lowest BCUT2D eigenvalue weighted by Gasteiger charge is -2.22. The molecule has 0 aromatic carbocycles. The third-order valence-electron chi connectivity index (χ3n) is 3.65. The minimum atomic E-state index is 0.589. The van der Waals surface area contributed by atoms with E-state index in [0.29, 0.717) is 12.0 Å². The molecule has 0 aliphatic carbocycles. The first-order chi connectivity index (χ1) is 9.04. The van der Waals surface area contributed by atoms with E-state index in [1.807, 2.05) is 0 Å². The minimum Gasteiger partial charge on any atom is -0.357 e. The first kappa shape index (κ1) is 18.2. The van der Waals surface area contributed by atoms with Crippen LogP contribution in [0.3, 0.4) is 0 Å². The maximum absolute atomic E-state index is 4.67. The summed E-state index contributed by atoms with van der Waals surface area (Å²) in [5, 5.41) is 6.72. The van der Waals surface area contributed by atoms with Crippen molar-refractivity contribution in [1.29, 1.82) is 0 Å². The van der Waals surface area contributed by atoms with Gasteiger partial charge in [-0.05, 0) is 33.7 Å². The molecule has 0 aromatic rings. The van der Waals surface area contributed by atoms with E-state index < -0.39 is 0 Å². The fraction of sp³-hybridized carbons (Fsp3) is 0.933. The number of hydrogen-bond donors (Lipinski definition) is 2. The Kier molecular flexibility index (Phi) is 10.6. The van der Waals surface area contributed by atoms with Crippen molar-refractivity contribution in [2.75, 3.05) is 33.2 Å². The van der Waals surface area contributed by atoms with Crippen LogP contribution in [-0.2, 0) is 0 Å². The van der Waals surface area contributed by atoms with E-state index in [1.54, 1.807) is 0 Å². The monoisotopic (exact) mass is 270 g/mol. The Bertz CT molecular complexity index is 234. The summed E-state index contributed by atoms with van der Waals surface area (Å²) in [5.74, 6) is 1.65. The van der Waals surface area contributed by atoms with E-state index in [-0.39, 0.29) is 0 Å². The van der Waals surface area contributed by atoms with Gasteiger partial charge in [0.1, 0.15) is 0 Å². The maximum atomic E-state index is 4.67. The SMILES string of the molecule is CCNC(=NCC(CC)CC)NCCN(C)C(C)C. The molecule has 0 aliphatic heterocycles.